The summed E-state index contributed by atoms with van der Waals surface area (Å²) in [5.41, 5.74) is 3.40. The summed E-state index contributed by atoms with van der Waals surface area (Å²) < 4.78 is 12.5. The van der Waals surface area contributed by atoms with Crippen molar-refractivity contribution >= 4 is 73.8 Å². The normalized spacial score (nSPS) is 18.9. The fourth-order valence-electron chi connectivity index (χ4n) is 8.71. The van der Waals surface area contributed by atoms with Crippen molar-refractivity contribution in [2.75, 3.05) is 19.7 Å². The third-order valence-corrected chi connectivity index (χ3v) is 13.0. The fourth-order valence-corrected chi connectivity index (χ4v) is 9.18. The number of nitrogens with zero attached hydrogens (tertiary/aromatic N) is 2. The number of Topliss-reactive ketones (excluding diaryl/α,β-unsaturated/α-hetero) is 1. The molecule has 0 spiro atoms. The third-order valence-electron chi connectivity index (χ3n) is 12.3. The molecule has 3 N–H and O–H groups in total. The molecule has 1 aliphatic carbocycles. The standard InChI is InChI=1S/C52H60BrN5O9/c1-6-36-23-24-46(61)58(36)25-14-10-13-20-45(60)55-43(27-33-16-11-9-12-17-33)50(64)57-42(26-32(4)5)49(63)54-30-47(62)67-52(8-3)39(38(44(59)7-2)31-66-51(52)65)29-35-22-21-34-28-37-40(53)18-15-19-41(37)56-48(34)35/h6,9,11-12,15-19,23-24,28-29,32,42-43H,7-8,10,13-14,20-22,25-27,30-31H2,1-5H3,(H,54,63)(H,55,60)(H,57,64). The molecule has 3 atom stereocenters. The maximum Gasteiger partial charge on any atom is 0.355 e. The van der Waals surface area contributed by atoms with Gasteiger partial charge in [0.05, 0.1) is 11.2 Å². The molecule has 3 unspecified atom stereocenters. The van der Waals surface area contributed by atoms with Crippen LogP contribution in [0.25, 0.3) is 16.5 Å². The SMILES string of the molecule is CC=C1C=CC(=O)N1CCCCCC(=O)NC(Cc1ccccc1)C(=O)NC(CC(C)C)C(=O)NCC(=O)OC1(CC)C(=O)OCC(C(=O)CC)=C1C=C1CCc2cc3c(Br)cccc3nc21. The molecule has 14 nitrogen and oxygen atoms in total. The van der Waals surface area contributed by atoms with Crippen LogP contribution in [0.2, 0.25) is 0 Å². The van der Waals surface area contributed by atoms with Gasteiger partial charge in [0, 0.05) is 58.6 Å². The Kier molecular flexibility index (Phi) is 17.2. The molecule has 2 aromatic carbocycles. The van der Waals surface area contributed by atoms with Gasteiger partial charge in [0.1, 0.15) is 25.2 Å². The van der Waals surface area contributed by atoms with E-state index in [1.807, 2.05) is 75.4 Å². The molecule has 67 heavy (non-hydrogen) atoms. The van der Waals surface area contributed by atoms with Crippen LogP contribution in [-0.4, -0.2) is 88.6 Å². The Labute approximate surface area is 400 Å². The average molecular weight is 979 g/mol. The molecule has 0 saturated heterocycles. The van der Waals surface area contributed by atoms with E-state index < -0.39 is 48.0 Å². The number of esters is 2. The Balaban J connectivity index is 1.14. The largest absolute Gasteiger partial charge is 0.457 e. The van der Waals surface area contributed by atoms with Crippen LogP contribution in [0, 0.1) is 5.92 Å². The van der Waals surface area contributed by atoms with E-state index in [1.165, 1.54) is 6.08 Å². The van der Waals surface area contributed by atoms with Crippen LogP contribution < -0.4 is 16.0 Å². The highest BCUT2D eigenvalue weighted by Gasteiger charge is 2.50. The van der Waals surface area contributed by atoms with Crippen LogP contribution in [0.1, 0.15) is 103 Å². The maximum atomic E-state index is 14.0. The van der Waals surface area contributed by atoms with Crippen molar-refractivity contribution in [3.8, 4) is 0 Å². The summed E-state index contributed by atoms with van der Waals surface area (Å²) in [7, 11) is 0. The zero-order valence-corrected chi connectivity index (χ0v) is 40.5. The first kappa shape index (κ1) is 50.2. The first-order chi connectivity index (χ1) is 32.2. The van der Waals surface area contributed by atoms with Gasteiger partial charge in [0.2, 0.25) is 23.3 Å². The highest BCUT2D eigenvalue weighted by molar-refractivity contribution is 9.10. The van der Waals surface area contributed by atoms with Gasteiger partial charge < -0.3 is 30.3 Å². The van der Waals surface area contributed by atoms with E-state index >= 15 is 0 Å². The molecule has 0 fully saturated rings. The van der Waals surface area contributed by atoms with Crippen molar-refractivity contribution in [3.05, 3.63) is 117 Å². The summed E-state index contributed by atoms with van der Waals surface area (Å²) in [6.07, 6.45) is 10.7. The van der Waals surface area contributed by atoms with Gasteiger partial charge in [-0.05, 0) is 98.4 Å². The Hall–Kier alpha value is -6.22. The molecule has 3 heterocycles. The number of hydrogen-bond donors (Lipinski definition) is 3. The molecule has 0 saturated carbocycles. The Morgan fingerprint density at radius 3 is 2.43 bits per heavy atom. The van der Waals surface area contributed by atoms with Crippen LogP contribution >= 0.6 is 15.9 Å². The second kappa shape index (κ2) is 23.0. The Morgan fingerprint density at radius 1 is 0.940 bits per heavy atom. The molecule has 0 bridgehead atoms. The number of carbonyl (C=O) groups is 7. The quantitative estimate of drug-likeness (QED) is 0.0734. The number of ketones is 1. The topological polar surface area (TPSA) is 190 Å². The number of rotatable bonds is 21. The minimum atomic E-state index is -2.00. The zero-order chi connectivity index (χ0) is 48.3. The Bertz CT molecular complexity index is 2530. The van der Waals surface area contributed by atoms with Gasteiger partial charge in [-0.2, -0.15) is 0 Å². The maximum absolute atomic E-state index is 14.0. The van der Waals surface area contributed by atoms with Crippen molar-refractivity contribution in [2.24, 2.45) is 5.92 Å². The molecule has 3 aromatic rings. The van der Waals surface area contributed by atoms with Crippen LogP contribution in [-0.2, 0) is 55.9 Å². The monoisotopic (exact) mass is 977 g/mol. The predicted molar refractivity (Wildman–Crippen MR) is 258 cm³/mol. The number of nitrogens with one attached hydrogen (secondary N) is 3. The number of fused-ring (bicyclic) bond motifs is 2. The molecule has 0 radical (unpaired) electrons. The van der Waals surface area contributed by atoms with Crippen molar-refractivity contribution in [1.29, 1.82) is 0 Å². The van der Waals surface area contributed by atoms with E-state index in [1.54, 1.807) is 30.9 Å². The zero-order valence-electron chi connectivity index (χ0n) is 38.9. The number of cyclic esters (lactones) is 1. The second-order valence-electron chi connectivity index (χ2n) is 17.4. The molecule has 3 aliphatic rings. The molecule has 354 valence electrons. The number of aryl methyl sites for hydroxylation is 1. The first-order valence-corrected chi connectivity index (χ1v) is 24.0. The lowest BCUT2D eigenvalue weighted by Crippen LogP contribution is -2.55. The molecule has 2 aliphatic heterocycles. The summed E-state index contributed by atoms with van der Waals surface area (Å²) in [4.78, 5) is 101. The number of ether oxygens (including phenoxy) is 2. The van der Waals surface area contributed by atoms with Crippen molar-refractivity contribution < 1.29 is 43.0 Å². The summed E-state index contributed by atoms with van der Waals surface area (Å²) in [6.45, 7) is 8.60. The van der Waals surface area contributed by atoms with E-state index in [-0.39, 0.29) is 73.4 Å². The van der Waals surface area contributed by atoms with Gasteiger partial charge in [-0.3, -0.25) is 28.8 Å². The van der Waals surface area contributed by atoms with E-state index in [9.17, 15) is 33.6 Å². The van der Waals surface area contributed by atoms with Gasteiger partial charge in [0.25, 0.3) is 5.91 Å². The van der Waals surface area contributed by atoms with E-state index in [2.05, 4.69) is 37.9 Å². The first-order valence-electron chi connectivity index (χ1n) is 23.2. The van der Waals surface area contributed by atoms with E-state index in [0.717, 1.165) is 43.5 Å². The van der Waals surface area contributed by atoms with Crippen LogP contribution in [0.5, 0.6) is 0 Å². The van der Waals surface area contributed by atoms with Crippen molar-refractivity contribution in [2.45, 2.75) is 117 Å². The van der Waals surface area contributed by atoms with Crippen LogP contribution in [0.3, 0.4) is 0 Å². The van der Waals surface area contributed by atoms with Crippen LogP contribution in [0.15, 0.2) is 100 Å². The van der Waals surface area contributed by atoms with Crippen molar-refractivity contribution in [3.63, 3.8) is 0 Å². The lowest BCUT2D eigenvalue weighted by atomic mass is 9.82. The molecule has 6 rings (SSSR count). The number of aromatic nitrogens is 1. The van der Waals surface area contributed by atoms with Gasteiger partial charge >= 0.3 is 11.9 Å². The summed E-state index contributed by atoms with van der Waals surface area (Å²) in [5.74, 6) is -3.75. The minimum Gasteiger partial charge on any atom is -0.457 e. The molecule has 4 amide bonds. The smallest absolute Gasteiger partial charge is 0.355 e. The lowest BCUT2D eigenvalue weighted by Gasteiger charge is -2.36. The number of unbranched alkanes of at least 4 members (excludes halogenated alkanes) is 2. The number of allylic oxidation sites excluding steroid dienone is 3. The number of halogens is 1. The van der Waals surface area contributed by atoms with Gasteiger partial charge in [0.15, 0.2) is 5.78 Å². The summed E-state index contributed by atoms with van der Waals surface area (Å²) >= 11 is 3.61. The highest BCUT2D eigenvalue weighted by atomic mass is 79.9. The predicted octanol–water partition coefficient (Wildman–Crippen LogP) is 7.09. The fraction of sp³-hybridized carbons (Fsp3) is 0.423. The van der Waals surface area contributed by atoms with Gasteiger partial charge in [-0.15, -0.1) is 0 Å². The highest BCUT2D eigenvalue weighted by Crippen LogP contribution is 2.41. The second-order valence-corrected chi connectivity index (χ2v) is 18.3. The number of amides is 4. The van der Waals surface area contributed by atoms with E-state index in [4.69, 9.17) is 14.5 Å². The van der Waals surface area contributed by atoms with Crippen LogP contribution in [0.4, 0.5) is 0 Å². The summed E-state index contributed by atoms with van der Waals surface area (Å²) in [5, 5.41) is 9.24. The van der Waals surface area contributed by atoms with Gasteiger partial charge in [-0.1, -0.05) is 92.5 Å². The summed E-state index contributed by atoms with van der Waals surface area (Å²) in [6, 6.07) is 14.9. The molecular formula is C52H60BrN5O9. The Morgan fingerprint density at radius 2 is 1.72 bits per heavy atom. The number of hydrogen-bond acceptors (Lipinski definition) is 10. The molecular weight excluding hydrogens is 919 g/mol. The molecule has 1 aromatic heterocycles. The van der Waals surface area contributed by atoms with Crippen molar-refractivity contribution in [1.82, 2.24) is 25.8 Å². The average Bonchev–Trinajstić information content (AvgIpc) is 3.89. The van der Waals surface area contributed by atoms with E-state index in [0.29, 0.717) is 38.6 Å². The van der Waals surface area contributed by atoms with Gasteiger partial charge in [-0.25, -0.2) is 9.78 Å². The third kappa shape index (κ3) is 12.2. The lowest BCUT2D eigenvalue weighted by molar-refractivity contribution is -0.179. The minimum absolute atomic E-state index is 0.0623. The number of pyridine rings is 1. The number of carbonyl (C=O) groups excluding carboxylic acids is 7. The number of benzene rings is 2. The molecule has 15 heteroatoms.